The average molecular weight is 291 g/mol. The summed E-state index contributed by atoms with van der Waals surface area (Å²) in [6, 6.07) is 7.96. The summed E-state index contributed by atoms with van der Waals surface area (Å²) in [6.45, 7) is 12.9. The maximum atomic E-state index is 7.84. The Hall–Kier alpha value is -1.05. The third kappa shape index (κ3) is 4.22. The van der Waals surface area contributed by atoms with Crippen LogP contribution >= 0.6 is 9.39 Å². The summed E-state index contributed by atoms with van der Waals surface area (Å²) in [6.07, 6.45) is 0. The smallest absolute Gasteiger partial charge is 0.149 e. The molecular formula is C16H26N3P. The van der Waals surface area contributed by atoms with Gasteiger partial charge in [-0.05, 0) is 24.6 Å². The Labute approximate surface area is 124 Å². The Morgan fingerprint density at radius 3 is 2.15 bits per heavy atom. The van der Waals surface area contributed by atoms with Gasteiger partial charge in [-0.15, -0.1) is 0 Å². The van der Waals surface area contributed by atoms with Crippen molar-refractivity contribution in [2.45, 2.75) is 34.6 Å². The van der Waals surface area contributed by atoms with E-state index in [0.717, 1.165) is 29.2 Å². The molecule has 1 heterocycles. The van der Waals surface area contributed by atoms with E-state index in [4.69, 9.17) is 5.41 Å². The molecule has 1 aromatic carbocycles. The van der Waals surface area contributed by atoms with E-state index < -0.39 is 0 Å². The minimum atomic E-state index is -0.00676. The first-order valence-corrected chi connectivity index (χ1v) is 7.60. The van der Waals surface area contributed by atoms with Crippen molar-refractivity contribution >= 4 is 20.8 Å². The van der Waals surface area contributed by atoms with E-state index in [1.54, 1.807) is 0 Å². The molecule has 0 fully saturated rings. The summed E-state index contributed by atoms with van der Waals surface area (Å²) in [4.78, 5) is 4.25. The van der Waals surface area contributed by atoms with Gasteiger partial charge >= 0.3 is 0 Å². The molecule has 1 atom stereocenters. The van der Waals surface area contributed by atoms with Crippen molar-refractivity contribution < 1.29 is 0 Å². The summed E-state index contributed by atoms with van der Waals surface area (Å²) < 4.78 is 2.17. The maximum absolute atomic E-state index is 7.84. The van der Waals surface area contributed by atoms with Crippen LogP contribution in [0.1, 0.15) is 34.6 Å². The molecule has 0 amide bonds. The third-order valence-corrected chi connectivity index (χ3v) is 3.94. The lowest BCUT2D eigenvalue weighted by atomic mass is 9.85. The van der Waals surface area contributed by atoms with Gasteiger partial charge in [0.25, 0.3) is 0 Å². The highest BCUT2D eigenvalue weighted by Gasteiger charge is 2.24. The third-order valence-electron chi connectivity index (χ3n) is 3.20. The van der Waals surface area contributed by atoms with Crippen molar-refractivity contribution in [3.8, 4) is 0 Å². The van der Waals surface area contributed by atoms with Crippen LogP contribution in [0, 0.1) is 10.8 Å². The van der Waals surface area contributed by atoms with Gasteiger partial charge in [0.2, 0.25) is 0 Å². The lowest BCUT2D eigenvalue weighted by molar-refractivity contribution is 0.524. The van der Waals surface area contributed by atoms with Gasteiger partial charge in [-0.2, -0.15) is 0 Å². The molecule has 0 aliphatic carbocycles. The number of benzene rings is 1. The number of fused-ring (bicyclic) bond motifs is 1. The molecule has 1 N–H and O–H groups in total. The summed E-state index contributed by atoms with van der Waals surface area (Å²) in [5, 5.41) is 9.89. The van der Waals surface area contributed by atoms with Crippen LogP contribution in [0.4, 0.5) is 0 Å². The monoisotopic (exact) mass is 291 g/mol. The van der Waals surface area contributed by atoms with Crippen LogP contribution in [0.3, 0.4) is 0 Å². The zero-order valence-corrected chi connectivity index (χ0v) is 14.4. The van der Waals surface area contributed by atoms with Gasteiger partial charge in [0.1, 0.15) is 5.84 Å². The fraction of sp³-hybridized carbons (Fsp3) is 0.500. The van der Waals surface area contributed by atoms with Crippen LogP contribution in [0.15, 0.2) is 29.3 Å². The Morgan fingerprint density at radius 1 is 1.15 bits per heavy atom. The predicted molar refractivity (Wildman–Crippen MR) is 90.4 cm³/mol. The molecule has 3 nitrogen and oxygen atoms in total. The molecule has 0 radical (unpaired) electrons. The van der Waals surface area contributed by atoms with E-state index in [9.17, 15) is 0 Å². The minimum Gasteiger partial charge on any atom is -0.288 e. The van der Waals surface area contributed by atoms with Crippen molar-refractivity contribution in [3.63, 3.8) is 0 Å². The van der Waals surface area contributed by atoms with Gasteiger partial charge < -0.3 is 0 Å². The highest BCUT2D eigenvalue weighted by atomic mass is 31.0. The molecule has 0 saturated carbocycles. The summed E-state index contributed by atoms with van der Waals surface area (Å²) >= 11 is 0. The van der Waals surface area contributed by atoms with E-state index >= 15 is 0 Å². The first kappa shape index (κ1) is 17.0. The van der Waals surface area contributed by atoms with E-state index in [1.165, 1.54) is 0 Å². The summed E-state index contributed by atoms with van der Waals surface area (Å²) in [5.41, 5.74) is 1.04. The number of nitrogens with zero attached hydrogens (tertiary/aromatic N) is 2. The Balaban J connectivity index is 0.000000286. The molecule has 0 bridgehead atoms. The van der Waals surface area contributed by atoms with Crippen LogP contribution in [-0.4, -0.2) is 23.6 Å². The van der Waals surface area contributed by atoms with Crippen molar-refractivity contribution in [2.75, 3.05) is 13.1 Å². The van der Waals surface area contributed by atoms with Crippen molar-refractivity contribution in [1.29, 1.82) is 5.41 Å². The fourth-order valence-electron chi connectivity index (χ4n) is 2.07. The van der Waals surface area contributed by atoms with Crippen molar-refractivity contribution in [2.24, 2.45) is 10.4 Å². The second kappa shape index (κ2) is 7.10. The molecule has 1 aromatic rings. The first-order chi connectivity index (χ1) is 9.31. The quantitative estimate of drug-likeness (QED) is 0.836. The maximum Gasteiger partial charge on any atom is 0.149 e. The van der Waals surface area contributed by atoms with Crippen LogP contribution in [0.25, 0.3) is 5.57 Å². The zero-order chi connectivity index (χ0) is 15.3. The van der Waals surface area contributed by atoms with E-state index in [2.05, 4.69) is 53.7 Å². The number of para-hydroxylation sites is 1. The predicted octanol–water partition coefficient (Wildman–Crippen LogP) is 2.61. The first-order valence-electron chi connectivity index (χ1n) is 7.08. The van der Waals surface area contributed by atoms with Gasteiger partial charge in [-0.1, -0.05) is 62.2 Å². The normalized spacial score (nSPS) is 13.8. The van der Waals surface area contributed by atoms with E-state index in [0.29, 0.717) is 5.84 Å². The molecule has 4 heteroatoms. The Morgan fingerprint density at radius 2 is 1.70 bits per heavy atom. The molecular weight excluding hydrogens is 265 g/mol. The van der Waals surface area contributed by atoms with Gasteiger partial charge in [0.15, 0.2) is 0 Å². The topological polar surface area (TPSA) is 39.5 Å². The number of hydrogen-bond acceptors (Lipinski definition) is 2. The van der Waals surface area contributed by atoms with Crippen LogP contribution in [-0.2, 0) is 0 Å². The second-order valence-corrected chi connectivity index (χ2v) is 6.55. The van der Waals surface area contributed by atoms with Crippen LogP contribution in [0.2, 0.25) is 0 Å². The number of amidine groups is 1. The minimum absolute atomic E-state index is 0.00676. The van der Waals surface area contributed by atoms with Gasteiger partial charge in [-0.3, -0.25) is 10.1 Å². The molecule has 20 heavy (non-hydrogen) atoms. The van der Waals surface area contributed by atoms with Gasteiger partial charge in [-0.25, -0.2) is 4.99 Å². The molecule has 0 saturated heterocycles. The molecule has 0 aromatic heterocycles. The van der Waals surface area contributed by atoms with Crippen molar-refractivity contribution in [3.05, 3.63) is 34.8 Å². The molecule has 0 spiro atoms. The largest absolute Gasteiger partial charge is 0.288 e. The summed E-state index contributed by atoms with van der Waals surface area (Å²) in [7, 11) is 2.64. The fourth-order valence-corrected chi connectivity index (χ4v) is 2.07. The molecule has 1 aliphatic rings. The van der Waals surface area contributed by atoms with Crippen molar-refractivity contribution in [1.82, 2.24) is 4.67 Å². The SMILES string of the molecule is CC(C)(C)C1=c2ccccc2=NC1=N.CCN(P)CC. The van der Waals surface area contributed by atoms with E-state index in [-0.39, 0.29) is 5.41 Å². The second-order valence-electron chi connectivity index (χ2n) is 5.82. The standard InChI is InChI=1S/C12H14N2.C4H12NP/c1-12(2,3)10-8-6-4-5-7-9(8)14-11(10)13;1-3-5(6)4-2/h4-7,13H,1-3H3;3-4,6H2,1-2H3. The Kier molecular flexibility index (Phi) is 6.04. The average Bonchev–Trinajstić information content (AvgIpc) is 2.74. The highest BCUT2D eigenvalue weighted by Crippen LogP contribution is 2.27. The zero-order valence-electron chi connectivity index (χ0n) is 13.2. The molecule has 1 unspecified atom stereocenters. The summed E-state index contributed by atoms with van der Waals surface area (Å²) in [5.74, 6) is 0.415. The number of nitrogens with one attached hydrogen (secondary N) is 1. The van der Waals surface area contributed by atoms with Crippen LogP contribution in [0.5, 0.6) is 0 Å². The number of rotatable bonds is 2. The number of hydrogen-bond donors (Lipinski definition) is 1. The molecule has 2 rings (SSSR count). The molecule has 110 valence electrons. The highest BCUT2D eigenvalue weighted by molar-refractivity contribution is 7.13. The lowest BCUT2D eigenvalue weighted by Gasteiger charge is -2.19. The van der Waals surface area contributed by atoms with Gasteiger partial charge in [0.05, 0.1) is 5.36 Å². The lowest BCUT2D eigenvalue weighted by Crippen LogP contribution is -2.26. The van der Waals surface area contributed by atoms with E-state index in [1.807, 2.05) is 24.3 Å². The Bertz CT molecular complexity index is 580. The van der Waals surface area contributed by atoms with Crippen LogP contribution < -0.4 is 10.6 Å². The van der Waals surface area contributed by atoms with Gasteiger partial charge in [0, 0.05) is 10.8 Å². The molecule has 1 aliphatic heterocycles.